The lowest BCUT2D eigenvalue weighted by Crippen LogP contribution is -2.69. The number of urea groups is 1. The number of amides is 4. The number of ether oxygens (including phenoxy) is 3. The van der Waals surface area contributed by atoms with Gasteiger partial charge in [0.05, 0.1) is 19.3 Å². The smallest absolute Gasteiger partial charge is 0.415 e. The summed E-state index contributed by atoms with van der Waals surface area (Å²) >= 11 is 0. The van der Waals surface area contributed by atoms with E-state index in [-0.39, 0.29) is 31.1 Å². The Morgan fingerprint density at radius 1 is 1.07 bits per heavy atom. The maximum absolute atomic E-state index is 12.3. The molecule has 0 aromatic rings. The first-order chi connectivity index (χ1) is 12.4. The summed E-state index contributed by atoms with van der Waals surface area (Å²) in [5.74, 6) is -0.702. The normalized spacial score (nSPS) is 21.3. The highest BCUT2D eigenvalue weighted by molar-refractivity contribution is 5.91. The topological polar surface area (TPSA) is 144 Å². The van der Waals surface area contributed by atoms with E-state index in [1.165, 1.54) is 0 Å². The Hall–Kier alpha value is -2.56. The molecule has 0 aliphatic heterocycles. The second-order valence-electron chi connectivity index (χ2n) is 6.99. The van der Waals surface area contributed by atoms with E-state index in [0.29, 0.717) is 0 Å². The molecule has 27 heavy (non-hydrogen) atoms. The van der Waals surface area contributed by atoms with E-state index in [2.05, 4.69) is 10.1 Å². The highest BCUT2D eigenvalue weighted by atomic mass is 16.6. The molecule has 0 spiro atoms. The lowest BCUT2D eigenvalue weighted by atomic mass is 9.72. The number of nitrogens with zero attached hydrogens (tertiary/aromatic N) is 1. The van der Waals surface area contributed by atoms with Gasteiger partial charge in [0.2, 0.25) is 0 Å². The average molecular weight is 389 g/mol. The first-order valence-electron chi connectivity index (χ1n) is 8.58. The predicted octanol–water partition coefficient (Wildman–Crippen LogP) is 1.53. The van der Waals surface area contributed by atoms with E-state index < -0.39 is 41.4 Å². The molecule has 0 aromatic carbocycles. The van der Waals surface area contributed by atoms with Crippen molar-refractivity contribution in [3.05, 3.63) is 0 Å². The van der Waals surface area contributed by atoms with Crippen molar-refractivity contribution in [2.45, 2.75) is 64.6 Å². The van der Waals surface area contributed by atoms with E-state index in [1.54, 1.807) is 34.6 Å². The molecule has 1 saturated carbocycles. The Bertz CT molecular complexity index is 581. The first kappa shape index (κ1) is 22.5. The number of hydrogen-bond donors (Lipinski definition) is 3. The van der Waals surface area contributed by atoms with Crippen molar-refractivity contribution in [1.29, 1.82) is 0 Å². The van der Waals surface area contributed by atoms with Gasteiger partial charge in [0, 0.05) is 12.8 Å². The minimum Gasteiger partial charge on any atom is -0.464 e. The van der Waals surface area contributed by atoms with Gasteiger partial charge in [-0.15, -0.1) is 0 Å². The van der Waals surface area contributed by atoms with Crippen LogP contribution >= 0.6 is 0 Å². The Balaban J connectivity index is 2.75. The number of esters is 1. The summed E-state index contributed by atoms with van der Waals surface area (Å²) in [6.45, 7) is 8.32. The van der Waals surface area contributed by atoms with Gasteiger partial charge in [-0.1, -0.05) is 0 Å². The third kappa shape index (κ3) is 6.27. The van der Waals surface area contributed by atoms with Crippen molar-refractivity contribution in [2.75, 3.05) is 13.2 Å². The SMILES string of the molecule is CCOC(=O)NC(=O)N(O)C1CC(NC(=O)OC(C)(C)C)(C(=O)OCC)C1. The Morgan fingerprint density at radius 2 is 1.63 bits per heavy atom. The number of carbonyl (C=O) groups is 4. The van der Waals surface area contributed by atoms with Gasteiger partial charge in [0.25, 0.3) is 0 Å². The van der Waals surface area contributed by atoms with Crippen LogP contribution in [0.1, 0.15) is 47.5 Å². The highest BCUT2D eigenvalue weighted by Gasteiger charge is 2.56. The van der Waals surface area contributed by atoms with E-state index >= 15 is 0 Å². The van der Waals surface area contributed by atoms with Gasteiger partial charge >= 0.3 is 24.2 Å². The van der Waals surface area contributed by atoms with Crippen LogP contribution in [0.15, 0.2) is 0 Å². The summed E-state index contributed by atoms with van der Waals surface area (Å²) < 4.78 is 14.7. The summed E-state index contributed by atoms with van der Waals surface area (Å²) in [4.78, 5) is 47.4. The maximum Gasteiger partial charge on any atom is 0.415 e. The molecule has 4 amide bonds. The number of nitrogens with one attached hydrogen (secondary N) is 2. The summed E-state index contributed by atoms with van der Waals surface area (Å²) in [6, 6.07) is -1.92. The zero-order chi connectivity index (χ0) is 20.8. The van der Waals surface area contributed by atoms with Crippen LogP contribution in [0, 0.1) is 0 Å². The number of hydroxylamine groups is 2. The fourth-order valence-corrected chi connectivity index (χ4v) is 2.48. The Morgan fingerprint density at radius 3 is 2.11 bits per heavy atom. The highest BCUT2D eigenvalue weighted by Crippen LogP contribution is 2.37. The number of alkyl carbamates (subject to hydrolysis) is 2. The van der Waals surface area contributed by atoms with E-state index in [9.17, 15) is 24.4 Å². The van der Waals surface area contributed by atoms with Crippen LogP contribution in [-0.4, -0.2) is 64.9 Å². The van der Waals surface area contributed by atoms with Gasteiger partial charge in [-0.05, 0) is 34.6 Å². The second kappa shape index (κ2) is 8.89. The lowest BCUT2D eigenvalue weighted by Gasteiger charge is -2.47. The summed E-state index contributed by atoms with van der Waals surface area (Å²) in [6.07, 6.45) is -2.06. The van der Waals surface area contributed by atoms with Crippen LogP contribution in [0.2, 0.25) is 0 Å². The van der Waals surface area contributed by atoms with Crippen molar-refractivity contribution >= 4 is 24.2 Å². The summed E-state index contributed by atoms with van der Waals surface area (Å²) in [7, 11) is 0. The zero-order valence-corrected chi connectivity index (χ0v) is 16.2. The fourth-order valence-electron chi connectivity index (χ4n) is 2.48. The van der Waals surface area contributed by atoms with Gasteiger partial charge in [0.1, 0.15) is 11.1 Å². The molecule has 1 fully saturated rings. The minimum atomic E-state index is -1.44. The quantitative estimate of drug-likeness (QED) is 0.278. The van der Waals surface area contributed by atoms with E-state index in [1.807, 2.05) is 5.32 Å². The third-order valence-corrected chi connectivity index (χ3v) is 3.61. The molecule has 1 rings (SSSR count). The van der Waals surface area contributed by atoms with Crippen molar-refractivity contribution in [1.82, 2.24) is 15.7 Å². The predicted molar refractivity (Wildman–Crippen MR) is 90.9 cm³/mol. The lowest BCUT2D eigenvalue weighted by molar-refractivity contribution is -0.169. The monoisotopic (exact) mass is 389 g/mol. The summed E-state index contributed by atoms with van der Waals surface area (Å²) in [5.41, 5.74) is -2.21. The summed E-state index contributed by atoms with van der Waals surface area (Å²) in [5, 5.41) is 14.5. The van der Waals surface area contributed by atoms with Gasteiger partial charge in [-0.3, -0.25) is 5.21 Å². The van der Waals surface area contributed by atoms with Gasteiger partial charge in [-0.2, -0.15) is 0 Å². The Kier molecular flexibility index (Phi) is 7.40. The molecule has 1 aliphatic rings. The van der Waals surface area contributed by atoms with Crippen LogP contribution < -0.4 is 10.6 Å². The fraction of sp³-hybridized carbons (Fsp3) is 0.750. The number of hydrogen-bond acceptors (Lipinski definition) is 8. The van der Waals surface area contributed by atoms with Crippen LogP contribution in [0.5, 0.6) is 0 Å². The number of carbonyl (C=O) groups excluding carboxylic acids is 4. The Labute approximate surface area is 157 Å². The molecular formula is C16H27N3O8. The van der Waals surface area contributed by atoms with Gasteiger partial charge in [0.15, 0.2) is 0 Å². The van der Waals surface area contributed by atoms with Crippen molar-refractivity contribution in [3.63, 3.8) is 0 Å². The molecule has 11 nitrogen and oxygen atoms in total. The molecule has 11 heteroatoms. The number of imide groups is 1. The molecule has 154 valence electrons. The van der Waals surface area contributed by atoms with Crippen molar-refractivity contribution in [2.24, 2.45) is 0 Å². The van der Waals surface area contributed by atoms with Crippen LogP contribution in [0.4, 0.5) is 14.4 Å². The van der Waals surface area contributed by atoms with Crippen LogP contribution in [0.25, 0.3) is 0 Å². The van der Waals surface area contributed by atoms with Crippen LogP contribution in [-0.2, 0) is 19.0 Å². The molecule has 0 unspecified atom stereocenters. The maximum atomic E-state index is 12.3. The van der Waals surface area contributed by atoms with Crippen LogP contribution in [0.3, 0.4) is 0 Å². The third-order valence-electron chi connectivity index (χ3n) is 3.61. The molecule has 0 heterocycles. The van der Waals surface area contributed by atoms with Crippen molar-refractivity contribution in [3.8, 4) is 0 Å². The molecule has 0 atom stereocenters. The van der Waals surface area contributed by atoms with E-state index in [4.69, 9.17) is 9.47 Å². The molecule has 0 saturated heterocycles. The largest absolute Gasteiger partial charge is 0.464 e. The first-order valence-corrected chi connectivity index (χ1v) is 8.58. The zero-order valence-electron chi connectivity index (χ0n) is 16.2. The van der Waals surface area contributed by atoms with Crippen molar-refractivity contribution < 1.29 is 38.6 Å². The van der Waals surface area contributed by atoms with Gasteiger partial charge in [-0.25, -0.2) is 29.6 Å². The standard InChI is InChI=1S/C16H27N3O8/c1-6-25-11(20)16(18-14(23)27-15(3,4)5)8-10(9-16)19(24)12(21)17-13(22)26-7-2/h10,24H,6-9H2,1-5H3,(H,18,23)(H,17,21,22). The van der Waals surface area contributed by atoms with Gasteiger partial charge < -0.3 is 19.5 Å². The van der Waals surface area contributed by atoms with E-state index in [0.717, 1.165) is 0 Å². The molecule has 1 aliphatic carbocycles. The molecule has 0 aromatic heterocycles. The molecule has 0 radical (unpaired) electrons. The molecule has 3 N–H and O–H groups in total. The average Bonchev–Trinajstić information content (AvgIpc) is 2.48. The molecular weight excluding hydrogens is 362 g/mol. The second-order valence-corrected chi connectivity index (χ2v) is 6.99. The molecule has 0 bridgehead atoms. The minimum absolute atomic E-state index is 0.0553. The number of rotatable bonds is 5.